The van der Waals surface area contributed by atoms with Gasteiger partial charge in [-0.1, -0.05) is 0 Å². The number of hydrogen-bond donors (Lipinski definition) is 6. The normalized spacial score (nSPS) is 12.7. The third-order valence-corrected chi connectivity index (χ3v) is 11.2. The molecule has 6 N–H and O–H groups in total. The Kier molecular flexibility index (Phi) is 7.97. The molecule has 0 saturated heterocycles. The zero-order valence-corrected chi connectivity index (χ0v) is 27.0. The molecule has 0 unspecified atom stereocenters. The van der Waals surface area contributed by atoms with E-state index in [2.05, 4.69) is 47.8 Å². The number of phenolic OH excluding ortho intramolecular Hbond substituents is 2. The Labute approximate surface area is 249 Å². The number of benzene rings is 4. The van der Waals surface area contributed by atoms with Crippen LogP contribution in [0, 0.1) is 0 Å². The molecule has 0 spiro atoms. The molecule has 0 aliphatic carbocycles. The maximum absolute atomic E-state index is 12.4. The zero-order valence-electron chi connectivity index (χ0n) is 18.7. The summed E-state index contributed by atoms with van der Waals surface area (Å²) in [4.78, 5) is -1.91. The van der Waals surface area contributed by atoms with Gasteiger partial charge in [0.25, 0.3) is 0 Å². The van der Waals surface area contributed by atoms with Crippen molar-refractivity contribution in [2.45, 2.75) is 9.79 Å². The van der Waals surface area contributed by atoms with Crippen LogP contribution in [0.2, 0.25) is 0 Å². The van der Waals surface area contributed by atoms with Crippen LogP contribution in [-0.4, -0.2) is 58.5 Å². The molecule has 4 aromatic carbocycles. The molecule has 206 valence electrons. The number of hydrogen-bond acceptors (Lipinski definition) is 7. The molecule has 0 atom stereocenters. The summed E-state index contributed by atoms with van der Waals surface area (Å²) in [5, 5.41) is 21.8. The summed E-state index contributed by atoms with van der Waals surface area (Å²) < 4.78 is 102. The second kappa shape index (κ2) is 10.3. The Hall–Kier alpha value is -1.72. The fourth-order valence-corrected chi connectivity index (χ4v) is 9.88. The van der Waals surface area contributed by atoms with E-state index in [-0.39, 0.29) is 14.5 Å². The Bertz CT molecular complexity index is 1950. The Balaban J connectivity index is 2.32. The predicted molar refractivity (Wildman–Crippen MR) is 151 cm³/mol. The average molecular weight is 833 g/mol. The molecule has 11 nitrogen and oxygen atoms in total. The fraction of sp³-hybridized carbons (Fsp3) is 0. The standard InChI is InChI=1S/C22H14AsBr3O11S2/c24-10-7-13(25)19(14(26)8-10)20-16(39(35,36)37)6-9-5-15(38(32,33)34)18(21(27)17(9)22(20)28)11-3-1-2-4-12(11)23(29,30)31/h1-8,27-28H,(H2,29,30,31)(H,32,33,34)(H,35,36,37). The molecule has 4 aromatic rings. The molecule has 0 heterocycles. The predicted octanol–water partition coefficient (Wildman–Crippen LogP) is 3.93. The Morgan fingerprint density at radius 3 is 1.64 bits per heavy atom. The van der Waals surface area contributed by atoms with Crippen molar-refractivity contribution in [2.75, 3.05) is 0 Å². The Morgan fingerprint density at radius 2 is 1.15 bits per heavy atom. The van der Waals surface area contributed by atoms with Crippen molar-refractivity contribution in [1.29, 1.82) is 0 Å². The molecule has 0 radical (unpaired) electrons. The minimum absolute atomic E-state index is 0.0175. The summed E-state index contributed by atoms with van der Waals surface area (Å²) >= 11 is 4.01. The Morgan fingerprint density at radius 1 is 0.692 bits per heavy atom. The number of halogens is 3. The van der Waals surface area contributed by atoms with E-state index in [9.17, 15) is 48.1 Å². The van der Waals surface area contributed by atoms with E-state index in [0.29, 0.717) is 10.5 Å². The molecular formula is C22H14AsBr3O11S2. The maximum atomic E-state index is 12.4. The molecule has 0 fully saturated rings. The fourth-order valence-electron chi connectivity index (χ4n) is 4.11. The van der Waals surface area contributed by atoms with E-state index in [1.54, 1.807) is 0 Å². The van der Waals surface area contributed by atoms with Gasteiger partial charge >= 0.3 is 251 Å². The number of aromatic hydroxyl groups is 2. The molecule has 0 aliphatic heterocycles. The first-order chi connectivity index (χ1) is 17.8. The number of fused-ring (bicyclic) bond motifs is 1. The molecule has 39 heavy (non-hydrogen) atoms. The van der Waals surface area contributed by atoms with Crippen LogP contribution < -0.4 is 4.35 Å². The van der Waals surface area contributed by atoms with Crippen LogP contribution in [0.4, 0.5) is 0 Å². The summed E-state index contributed by atoms with van der Waals surface area (Å²) in [5.41, 5.74) is -1.68. The summed E-state index contributed by atoms with van der Waals surface area (Å²) in [5.74, 6) is -1.97. The van der Waals surface area contributed by atoms with E-state index in [1.807, 2.05) is 0 Å². The van der Waals surface area contributed by atoms with Gasteiger partial charge in [-0.2, -0.15) is 0 Å². The van der Waals surface area contributed by atoms with E-state index in [4.69, 9.17) is 0 Å². The van der Waals surface area contributed by atoms with Crippen molar-refractivity contribution in [1.82, 2.24) is 0 Å². The third kappa shape index (κ3) is 5.60. The first-order valence-corrected chi connectivity index (χ1v) is 18.8. The SMILES string of the molecule is O=S(=O)(O)c1cc2cc(S(=O)(=O)O)c(-c3c(Br)cc(Br)cc3Br)c(O)c2c(O)c1-c1ccccc1[As](=O)(O)O. The monoisotopic (exact) mass is 830 g/mol. The van der Waals surface area contributed by atoms with Crippen molar-refractivity contribution in [3.05, 3.63) is 61.9 Å². The van der Waals surface area contributed by atoms with Gasteiger partial charge in [-0.15, -0.1) is 0 Å². The van der Waals surface area contributed by atoms with E-state index in [0.717, 1.165) is 18.2 Å². The van der Waals surface area contributed by atoms with E-state index in [1.165, 1.54) is 24.3 Å². The quantitative estimate of drug-likeness (QED) is 0.126. The van der Waals surface area contributed by atoms with Crippen molar-refractivity contribution in [3.8, 4) is 33.8 Å². The molecule has 0 aromatic heterocycles. The van der Waals surface area contributed by atoms with Crippen molar-refractivity contribution in [3.63, 3.8) is 0 Å². The van der Waals surface area contributed by atoms with Crippen molar-refractivity contribution < 1.29 is 48.1 Å². The summed E-state index contributed by atoms with van der Waals surface area (Å²) in [7, 11) is -10.3. The van der Waals surface area contributed by atoms with Gasteiger partial charge in [0, 0.05) is 0 Å². The molecule has 0 aliphatic rings. The van der Waals surface area contributed by atoms with Gasteiger partial charge in [0.05, 0.1) is 0 Å². The molecule has 0 bridgehead atoms. The number of phenols is 2. The van der Waals surface area contributed by atoms with Crippen LogP contribution in [0.25, 0.3) is 33.0 Å². The van der Waals surface area contributed by atoms with Crippen molar-refractivity contribution >= 4 is 97.3 Å². The van der Waals surface area contributed by atoms with Gasteiger partial charge in [0.1, 0.15) is 0 Å². The molecule has 0 amide bonds. The van der Waals surface area contributed by atoms with Gasteiger partial charge in [0.2, 0.25) is 0 Å². The van der Waals surface area contributed by atoms with Crippen LogP contribution in [-0.2, 0) is 24.0 Å². The summed E-state index contributed by atoms with van der Waals surface area (Å²) in [6.07, 6.45) is 0. The molecular weight excluding hydrogens is 819 g/mol. The van der Waals surface area contributed by atoms with Gasteiger partial charge in [-0.25, -0.2) is 0 Å². The average Bonchev–Trinajstić information content (AvgIpc) is 2.77. The summed E-state index contributed by atoms with van der Waals surface area (Å²) in [6, 6.07) is 9.15. The second-order valence-electron chi connectivity index (χ2n) is 8.05. The minimum atomic E-state index is -5.78. The second-order valence-corrected chi connectivity index (χ2v) is 16.7. The topological polar surface area (TPSA) is 207 Å². The van der Waals surface area contributed by atoms with E-state index >= 15 is 0 Å². The van der Waals surface area contributed by atoms with Crippen LogP contribution in [0.3, 0.4) is 0 Å². The van der Waals surface area contributed by atoms with Crippen LogP contribution in [0.5, 0.6) is 11.5 Å². The van der Waals surface area contributed by atoms with Crippen LogP contribution >= 0.6 is 47.8 Å². The zero-order chi connectivity index (χ0) is 29.2. The summed E-state index contributed by atoms with van der Waals surface area (Å²) in [6.45, 7) is 0. The van der Waals surface area contributed by atoms with Gasteiger partial charge in [-0.3, -0.25) is 0 Å². The van der Waals surface area contributed by atoms with Gasteiger partial charge < -0.3 is 0 Å². The first kappa shape index (κ1) is 30.2. The van der Waals surface area contributed by atoms with Crippen molar-refractivity contribution in [2.24, 2.45) is 0 Å². The third-order valence-electron chi connectivity index (χ3n) is 5.60. The molecule has 17 heteroatoms. The first-order valence-electron chi connectivity index (χ1n) is 10.1. The molecule has 0 saturated carbocycles. The van der Waals surface area contributed by atoms with E-state index < -0.39 is 87.5 Å². The van der Waals surface area contributed by atoms with Gasteiger partial charge in [-0.05, 0) is 0 Å². The van der Waals surface area contributed by atoms with Crippen LogP contribution in [0.15, 0.2) is 71.7 Å². The molecule has 4 rings (SSSR count). The number of rotatable bonds is 5. The van der Waals surface area contributed by atoms with Crippen LogP contribution in [0.1, 0.15) is 0 Å². The van der Waals surface area contributed by atoms with Gasteiger partial charge in [0.15, 0.2) is 0 Å².